The molecule has 34 heavy (non-hydrogen) atoms. The van der Waals surface area contributed by atoms with Crippen molar-refractivity contribution in [3.8, 4) is 0 Å². The summed E-state index contributed by atoms with van der Waals surface area (Å²) in [5.74, 6) is -0.965. The largest absolute Gasteiger partial charge is 0.480 e. The number of aliphatic hydroxyl groups is 1. The lowest BCUT2D eigenvalue weighted by molar-refractivity contribution is -0.140. The molecule has 0 saturated carbocycles. The highest BCUT2D eigenvalue weighted by Crippen LogP contribution is 2.21. The summed E-state index contributed by atoms with van der Waals surface area (Å²) >= 11 is 0. The Morgan fingerprint density at radius 1 is 1.09 bits per heavy atom. The number of carbonyl (C=O) groups is 2. The SMILES string of the molecule is CC[C@H](O)[C@H](OCC(C)C)[C@H](COCCC(NC(=O)OC(C)(C)C)C(=O)O)Cc1ccccc1. The summed E-state index contributed by atoms with van der Waals surface area (Å²) in [6, 6.07) is 8.80. The number of aliphatic carboxylic acids is 1. The van der Waals surface area contributed by atoms with E-state index in [1.54, 1.807) is 20.8 Å². The number of nitrogens with one attached hydrogen (secondary N) is 1. The van der Waals surface area contributed by atoms with Gasteiger partial charge in [-0.2, -0.15) is 0 Å². The molecule has 8 nitrogen and oxygen atoms in total. The van der Waals surface area contributed by atoms with Crippen molar-refractivity contribution in [3.63, 3.8) is 0 Å². The molecule has 0 aliphatic heterocycles. The number of aliphatic hydroxyl groups excluding tert-OH is 1. The van der Waals surface area contributed by atoms with E-state index in [2.05, 4.69) is 19.2 Å². The maximum absolute atomic E-state index is 12.0. The number of amides is 1. The lowest BCUT2D eigenvalue weighted by Gasteiger charge is -2.31. The second-order valence-corrected chi connectivity index (χ2v) is 10.0. The lowest BCUT2D eigenvalue weighted by Crippen LogP contribution is -2.44. The number of carboxylic acid groups (broad SMARTS) is 1. The molecule has 8 heteroatoms. The lowest BCUT2D eigenvalue weighted by atomic mass is 9.90. The number of rotatable bonds is 15. The Labute approximate surface area is 204 Å². The van der Waals surface area contributed by atoms with Crippen LogP contribution >= 0.6 is 0 Å². The van der Waals surface area contributed by atoms with E-state index in [1.807, 2.05) is 37.3 Å². The third kappa shape index (κ3) is 12.3. The van der Waals surface area contributed by atoms with Crippen LogP contribution in [0.1, 0.15) is 59.9 Å². The minimum absolute atomic E-state index is 0.0838. The first-order valence-corrected chi connectivity index (χ1v) is 12.1. The first-order chi connectivity index (χ1) is 15.9. The Hall–Kier alpha value is -2.16. The minimum Gasteiger partial charge on any atom is -0.480 e. The van der Waals surface area contributed by atoms with Gasteiger partial charge in [0, 0.05) is 25.6 Å². The molecule has 0 radical (unpaired) electrons. The first kappa shape index (κ1) is 29.9. The van der Waals surface area contributed by atoms with Gasteiger partial charge in [0.05, 0.1) is 18.8 Å². The highest BCUT2D eigenvalue weighted by Gasteiger charge is 2.30. The molecule has 1 aromatic rings. The molecular weight excluding hydrogens is 438 g/mol. The second-order valence-electron chi connectivity index (χ2n) is 10.0. The van der Waals surface area contributed by atoms with Crippen LogP contribution in [0.4, 0.5) is 4.79 Å². The van der Waals surface area contributed by atoms with Crippen molar-refractivity contribution < 1.29 is 34.0 Å². The highest BCUT2D eigenvalue weighted by molar-refractivity contribution is 5.79. The van der Waals surface area contributed by atoms with E-state index in [0.717, 1.165) is 5.56 Å². The van der Waals surface area contributed by atoms with Crippen molar-refractivity contribution in [3.05, 3.63) is 35.9 Å². The fraction of sp³-hybridized carbons (Fsp3) is 0.692. The van der Waals surface area contributed by atoms with Gasteiger partial charge in [0.2, 0.25) is 0 Å². The standard InChI is InChI=1S/C26H43NO7/c1-7-22(28)23(33-16-18(2)3)20(15-19-11-9-8-10-12-19)17-32-14-13-21(24(29)30)27-25(31)34-26(4,5)6/h8-12,18,20-23,28H,7,13-17H2,1-6H3,(H,27,31)(H,29,30)/t20-,21?,22-,23+/m0/s1. The Bertz CT molecular complexity index is 718. The van der Waals surface area contributed by atoms with Crippen LogP contribution < -0.4 is 5.32 Å². The number of alkyl carbamates (subject to hydrolysis) is 1. The summed E-state index contributed by atoms with van der Waals surface area (Å²) in [5.41, 5.74) is 0.381. The van der Waals surface area contributed by atoms with Gasteiger partial charge in [-0.05, 0) is 45.1 Å². The van der Waals surface area contributed by atoms with E-state index in [-0.39, 0.29) is 25.6 Å². The molecule has 1 amide bonds. The molecule has 3 N–H and O–H groups in total. The van der Waals surface area contributed by atoms with Crippen molar-refractivity contribution in [2.24, 2.45) is 11.8 Å². The Balaban J connectivity index is 2.80. The predicted octanol–water partition coefficient (Wildman–Crippen LogP) is 4.04. The van der Waals surface area contributed by atoms with E-state index < -0.39 is 35.9 Å². The molecule has 0 fully saturated rings. The summed E-state index contributed by atoms with van der Waals surface area (Å²) in [5, 5.41) is 22.5. The Kier molecular flexibility index (Phi) is 13.1. The van der Waals surface area contributed by atoms with Gasteiger partial charge in [0.15, 0.2) is 0 Å². The maximum Gasteiger partial charge on any atom is 0.408 e. The van der Waals surface area contributed by atoms with E-state index in [1.165, 1.54) is 0 Å². The van der Waals surface area contributed by atoms with Crippen molar-refractivity contribution in [1.29, 1.82) is 0 Å². The monoisotopic (exact) mass is 481 g/mol. The molecular formula is C26H43NO7. The van der Waals surface area contributed by atoms with Gasteiger partial charge in [-0.25, -0.2) is 9.59 Å². The smallest absolute Gasteiger partial charge is 0.408 e. The molecule has 0 aromatic heterocycles. The Morgan fingerprint density at radius 2 is 1.74 bits per heavy atom. The summed E-state index contributed by atoms with van der Waals surface area (Å²) in [7, 11) is 0. The summed E-state index contributed by atoms with van der Waals surface area (Å²) in [6.07, 6.45) is -0.552. The first-order valence-electron chi connectivity index (χ1n) is 12.1. The zero-order chi connectivity index (χ0) is 25.7. The maximum atomic E-state index is 12.0. The number of ether oxygens (including phenoxy) is 3. The van der Waals surface area contributed by atoms with Gasteiger partial charge in [0.25, 0.3) is 0 Å². The summed E-state index contributed by atoms with van der Waals surface area (Å²) in [6.45, 7) is 12.1. The molecule has 194 valence electrons. The van der Waals surface area contributed by atoms with E-state index in [4.69, 9.17) is 14.2 Å². The van der Waals surface area contributed by atoms with Crippen LogP contribution in [0, 0.1) is 11.8 Å². The highest BCUT2D eigenvalue weighted by atomic mass is 16.6. The molecule has 0 heterocycles. The van der Waals surface area contributed by atoms with E-state index in [0.29, 0.717) is 25.4 Å². The van der Waals surface area contributed by atoms with Gasteiger partial charge in [-0.1, -0.05) is 51.1 Å². The quantitative estimate of drug-likeness (QED) is 0.324. The average Bonchev–Trinajstić information content (AvgIpc) is 2.74. The third-order valence-corrected chi connectivity index (χ3v) is 5.10. The molecule has 0 aliphatic rings. The topological polar surface area (TPSA) is 114 Å². The summed E-state index contributed by atoms with van der Waals surface area (Å²) < 4.78 is 17.1. The van der Waals surface area contributed by atoms with Crippen LogP contribution in [0.25, 0.3) is 0 Å². The van der Waals surface area contributed by atoms with E-state index >= 15 is 0 Å². The van der Waals surface area contributed by atoms with Crippen molar-refractivity contribution in [1.82, 2.24) is 5.32 Å². The van der Waals surface area contributed by atoms with Crippen LogP contribution in [-0.2, 0) is 25.4 Å². The van der Waals surface area contributed by atoms with Gasteiger partial charge < -0.3 is 29.7 Å². The number of hydrogen-bond acceptors (Lipinski definition) is 6. The normalized spacial score (nSPS) is 15.4. The molecule has 0 saturated heterocycles. The predicted molar refractivity (Wildman–Crippen MR) is 131 cm³/mol. The fourth-order valence-corrected chi connectivity index (χ4v) is 3.43. The molecule has 0 aliphatic carbocycles. The molecule has 4 atom stereocenters. The average molecular weight is 482 g/mol. The van der Waals surface area contributed by atoms with Gasteiger partial charge in [-0.3, -0.25) is 0 Å². The van der Waals surface area contributed by atoms with Crippen molar-refractivity contribution in [2.75, 3.05) is 19.8 Å². The van der Waals surface area contributed by atoms with Crippen LogP contribution in [0.2, 0.25) is 0 Å². The number of hydrogen-bond donors (Lipinski definition) is 3. The van der Waals surface area contributed by atoms with Crippen LogP contribution in [0.15, 0.2) is 30.3 Å². The molecule has 0 bridgehead atoms. The van der Waals surface area contributed by atoms with Gasteiger partial charge in [0.1, 0.15) is 11.6 Å². The fourth-order valence-electron chi connectivity index (χ4n) is 3.43. The molecule has 0 spiro atoms. The summed E-state index contributed by atoms with van der Waals surface area (Å²) in [4.78, 5) is 23.5. The zero-order valence-electron chi connectivity index (χ0n) is 21.5. The van der Waals surface area contributed by atoms with Crippen molar-refractivity contribution in [2.45, 2.75) is 84.7 Å². The zero-order valence-corrected chi connectivity index (χ0v) is 21.5. The number of carboxylic acids is 1. The minimum atomic E-state index is -1.16. The Morgan fingerprint density at radius 3 is 2.26 bits per heavy atom. The second kappa shape index (κ2) is 15.0. The van der Waals surface area contributed by atoms with Crippen molar-refractivity contribution >= 4 is 12.1 Å². The van der Waals surface area contributed by atoms with Gasteiger partial charge >= 0.3 is 12.1 Å². The van der Waals surface area contributed by atoms with Crippen LogP contribution in [-0.4, -0.2) is 65.9 Å². The number of carbonyl (C=O) groups excluding carboxylic acids is 1. The number of benzene rings is 1. The van der Waals surface area contributed by atoms with Gasteiger partial charge in [-0.15, -0.1) is 0 Å². The van der Waals surface area contributed by atoms with Crippen LogP contribution in [0.5, 0.6) is 0 Å². The van der Waals surface area contributed by atoms with E-state index in [9.17, 15) is 19.8 Å². The molecule has 1 rings (SSSR count). The molecule has 1 unspecified atom stereocenters. The van der Waals surface area contributed by atoms with Crippen LogP contribution in [0.3, 0.4) is 0 Å². The molecule has 1 aromatic carbocycles. The third-order valence-electron chi connectivity index (χ3n) is 5.10.